The molecule has 0 bridgehead atoms. The lowest BCUT2D eigenvalue weighted by Gasteiger charge is -2.21. The van der Waals surface area contributed by atoms with Gasteiger partial charge in [0.25, 0.3) is 0 Å². The van der Waals surface area contributed by atoms with Gasteiger partial charge < -0.3 is 9.47 Å². The fraction of sp³-hybridized carbons (Fsp3) is 0.909. The smallest absolute Gasteiger partial charge is 0.305 e. The second kappa shape index (κ2) is 6.82. The van der Waals surface area contributed by atoms with Gasteiger partial charge in [-0.05, 0) is 31.6 Å². The first-order valence-electron chi connectivity index (χ1n) is 5.56. The molecule has 0 saturated carbocycles. The molecule has 0 unspecified atom stereocenters. The van der Waals surface area contributed by atoms with Crippen molar-refractivity contribution in [1.82, 2.24) is 0 Å². The van der Waals surface area contributed by atoms with Gasteiger partial charge in [0.05, 0.1) is 6.61 Å². The Balaban J connectivity index is 1.94. The molecule has 0 spiro atoms. The highest BCUT2D eigenvalue weighted by molar-refractivity contribution is 5.68. The summed E-state index contributed by atoms with van der Waals surface area (Å²) in [7, 11) is 0. The van der Waals surface area contributed by atoms with Crippen LogP contribution in [0.15, 0.2) is 0 Å². The van der Waals surface area contributed by atoms with E-state index in [9.17, 15) is 4.79 Å². The van der Waals surface area contributed by atoms with E-state index in [2.05, 4.69) is 0 Å². The number of esters is 1. The molecule has 1 rings (SSSR count). The van der Waals surface area contributed by atoms with Crippen LogP contribution in [0.4, 0.5) is 0 Å². The minimum Gasteiger partial charge on any atom is -0.466 e. The predicted octanol–water partition coefficient (Wildman–Crippen LogP) is 2.15. The highest BCUT2D eigenvalue weighted by Gasteiger charge is 2.13. The number of carbonyl (C=O) groups is 1. The van der Waals surface area contributed by atoms with Crippen molar-refractivity contribution in [2.24, 2.45) is 5.92 Å². The van der Waals surface area contributed by atoms with Crippen molar-refractivity contribution in [1.29, 1.82) is 0 Å². The summed E-state index contributed by atoms with van der Waals surface area (Å²) in [5.74, 6) is 0.695. The van der Waals surface area contributed by atoms with Crippen molar-refractivity contribution in [3.05, 3.63) is 0 Å². The quantitative estimate of drug-likeness (QED) is 0.504. The SMILES string of the molecule is CCC(=O)OCCCC1CCOCC1. The maximum Gasteiger partial charge on any atom is 0.305 e. The second-order valence-corrected chi connectivity index (χ2v) is 3.77. The number of hydrogen-bond donors (Lipinski definition) is 0. The third-order valence-corrected chi connectivity index (χ3v) is 2.65. The first-order chi connectivity index (χ1) is 6.83. The lowest BCUT2D eigenvalue weighted by Crippen LogP contribution is -2.16. The number of ether oxygens (including phenoxy) is 2. The third-order valence-electron chi connectivity index (χ3n) is 2.65. The minimum atomic E-state index is -0.0861. The molecule has 1 saturated heterocycles. The van der Waals surface area contributed by atoms with Crippen molar-refractivity contribution in [2.45, 2.75) is 39.0 Å². The highest BCUT2D eigenvalue weighted by Crippen LogP contribution is 2.19. The average molecular weight is 200 g/mol. The molecule has 1 heterocycles. The van der Waals surface area contributed by atoms with Gasteiger partial charge in [-0.1, -0.05) is 6.92 Å². The lowest BCUT2D eigenvalue weighted by atomic mass is 9.95. The molecule has 3 heteroatoms. The summed E-state index contributed by atoms with van der Waals surface area (Å²) in [6.07, 6.45) is 4.98. The zero-order valence-corrected chi connectivity index (χ0v) is 8.96. The summed E-state index contributed by atoms with van der Waals surface area (Å²) in [4.78, 5) is 10.8. The largest absolute Gasteiger partial charge is 0.466 e. The molecule has 1 fully saturated rings. The van der Waals surface area contributed by atoms with Crippen LogP contribution in [0.5, 0.6) is 0 Å². The van der Waals surface area contributed by atoms with Gasteiger partial charge in [-0.2, -0.15) is 0 Å². The van der Waals surface area contributed by atoms with Gasteiger partial charge in [-0.3, -0.25) is 4.79 Å². The molecule has 3 nitrogen and oxygen atoms in total. The minimum absolute atomic E-state index is 0.0861. The Bertz CT molecular complexity index is 162. The van der Waals surface area contributed by atoms with Gasteiger partial charge in [0.15, 0.2) is 0 Å². The van der Waals surface area contributed by atoms with E-state index in [1.807, 2.05) is 6.92 Å². The molecular formula is C11H20O3. The van der Waals surface area contributed by atoms with Gasteiger partial charge in [0, 0.05) is 19.6 Å². The topological polar surface area (TPSA) is 35.5 Å². The molecule has 82 valence electrons. The summed E-state index contributed by atoms with van der Waals surface area (Å²) < 4.78 is 10.3. The maximum absolute atomic E-state index is 10.8. The third kappa shape index (κ3) is 4.61. The van der Waals surface area contributed by atoms with Crippen LogP contribution in [0.25, 0.3) is 0 Å². The van der Waals surface area contributed by atoms with Crippen LogP contribution in [0.3, 0.4) is 0 Å². The standard InChI is InChI=1S/C11H20O3/c1-2-11(12)14-7-3-4-10-5-8-13-9-6-10/h10H,2-9H2,1H3. The number of carbonyl (C=O) groups excluding carboxylic acids is 1. The molecule has 0 aliphatic carbocycles. The molecule has 0 aromatic heterocycles. The zero-order valence-electron chi connectivity index (χ0n) is 8.96. The molecule has 0 aromatic rings. The molecule has 1 aliphatic rings. The Morgan fingerprint density at radius 1 is 1.43 bits per heavy atom. The summed E-state index contributed by atoms with van der Waals surface area (Å²) in [5, 5.41) is 0. The first-order valence-corrected chi connectivity index (χ1v) is 5.56. The molecule has 1 aliphatic heterocycles. The second-order valence-electron chi connectivity index (χ2n) is 3.77. The van der Waals surface area contributed by atoms with Crippen molar-refractivity contribution in [3.63, 3.8) is 0 Å². The lowest BCUT2D eigenvalue weighted by molar-refractivity contribution is -0.143. The summed E-state index contributed by atoms with van der Waals surface area (Å²) in [6.45, 7) is 4.21. The predicted molar refractivity (Wildman–Crippen MR) is 54.0 cm³/mol. The van der Waals surface area contributed by atoms with E-state index in [1.54, 1.807) is 0 Å². The summed E-state index contributed by atoms with van der Waals surface area (Å²) in [5.41, 5.74) is 0. The van der Waals surface area contributed by atoms with Crippen molar-refractivity contribution in [3.8, 4) is 0 Å². The maximum atomic E-state index is 10.8. The normalized spacial score (nSPS) is 18.1. The molecule has 0 N–H and O–H groups in total. The van der Waals surface area contributed by atoms with Crippen LogP contribution >= 0.6 is 0 Å². The van der Waals surface area contributed by atoms with Gasteiger partial charge in [0.2, 0.25) is 0 Å². The average Bonchev–Trinajstić information content (AvgIpc) is 2.25. The van der Waals surface area contributed by atoms with E-state index >= 15 is 0 Å². The van der Waals surface area contributed by atoms with Crippen molar-refractivity contribution in [2.75, 3.05) is 19.8 Å². The number of hydrogen-bond acceptors (Lipinski definition) is 3. The molecule has 0 radical (unpaired) electrons. The number of rotatable bonds is 5. The van der Waals surface area contributed by atoms with E-state index < -0.39 is 0 Å². The molecule has 0 aromatic carbocycles. The van der Waals surface area contributed by atoms with Crippen LogP contribution in [0.2, 0.25) is 0 Å². The Kier molecular flexibility index (Phi) is 5.60. The van der Waals surface area contributed by atoms with Crippen LogP contribution in [0.1, 0.15) is 39.0 Å². The van der Waals surface area contributed by atoms with E-state index in [4.69, 9.17) is 9.47 Å². The van der Waals surface area contributed by atoms with Gasteiger partial charge >= 0.3 is 5.97 Å². The van der Waals surface area contributed by atoms with Crippen LogP contribution in [0, 0.1) is 5.92 Å². The summed E-state index contributed by atoms with van der Waals surface area (Å²) in [6, 6.07) is 0. The van der Waals surface area contributed by atoms with E-state index in [1.165, 1.54) is 19.3 Å². The zero-order chi connectivity index (χ0) is 10.2. The fourth-order valence-corrected chi connectivity index (χ4v) is 1.70. The monoisotopic (exact) mass is 200 g/mol. The molecular weight excluding hydrogens is 180 g/mol. The van der Waals surface area contributed by atoms with Crippen LogP contribution in [-0.4, -0.2) is 25.8 Å². The van der Waals surface area contributed by atoms with Gasteiger partial charge in [-0.15, -0.1) is 0 Å². The summed E-state index contributed by atoms with van der Waals surface area (Å²) >= 11 is 0. The Morgan fingerprint density at radius 2 is 2.14 bits per heavy atom. The van der Waals surface area contributed by atoms with Gasteiger partial charge in [0.1, 0.15) is 0 Å². The Labute approximate surface area is 85.8 Å². The Morgan fingerprint density at radius 3 is 2.79 bits per heavy atom. The van der Waals surface area contributed by atoms with E-state index in [0.29, 0.717) is 13.0 Å². The van der Waals surface area contributed by atoms with E-state index in [0.717, 1.165) is 25.6 Å². The van der Waals surface area contributed by atoms with Crippen molar-refractivity contribution < 1.29 is 14.3 Å². The van der Waals surface area contributed by atoms with Crippen molar-refractivity contribution >= 4 is 5.97 Å². The molecule has 0 atom stereocenters. The van der Waals surface area contributed by atoms with E-state index in [-0.39, 0.29) is 5.97 Å². The van der Waals surface area contributed by atoms with Crippen LogP contribution < -0.4 is 0 Å². The van der Waals surface area contributed by atoms with Gasteiger partial charge in [-0.25, -0.2) is 0 Å². The first kappa shape index (κ1) is 11.5. The van der Waals surface area contributed by atoms with Crippen LogP contribution in [-0.2, 0) is 14.3 Å². The molecule has 0 amide bonds. The fourth-order valence-electron chi connectivity index (χ4n) is 1.70. The highest BCUT2D eigenvalue weighted by atomic mass is 16.5. The Hall–Kier alpha value is -0.570. The molecule has 14 heavy (non-hydrogen) atoms.